The minimum absolute atomic E-state index is 0.00252. The van der Waals surface area contributed by atoms with E-state index >= 15 is 0 Å². The summed E-state index contributed by atoms with van der Waals surface area (Å²) in [6, 6.07) is 0. The molecule has 0 aromatic carbocycles. The van der Waals surface area contributed by atoms with E-state index in [0.29, 0.717) is 6.42 Å². The second kappa shape index (κ2) is 8.73. The van der Waals surface area contributed by atoms with E-state index in [-0.39, 0.29) is 12.1 Å². The average Bonchev–Trinajstić information content (AvgIpc) is 2.73. The Bertz CT molecular complexity index is 372. The molecule has 4 heteroatoms. The third-order valence-electron chi connectivity index (χ3n) is 3.00. The second-order valence-corrected chi connectivity index (χ2v) is 5.17. The summed E-state index contributed by atoms with van der Waals surface area (Å²) in [5.74, 6) is 0.955. The molecule has 0 unspecified atom stereocenters. The van der Waals surface area contributed by atoms with Crippen LogP contribution in [0.15, 0.2) is 6.20 Å². The van der Waals surface area contributed by atoms with Gasteiger partial charge in [-0.1, -0.05) is 19.3 Å². The van der Waals surface area contributed by atoms with Crippen LogP contribution >= 0.6 is 0 Å². The van der Waals surface area contributed by atoms with Gasteiger partial charge in [0.15, 0.2) is 0 Å². The Morgan fingerprint density at radius 2 is 2.00 bits per heavy atom. The quantitative estimate of drug-likeness (QED) is 0.508. The van der Waals surface area contributed by atoms with Crippen molar-refractivity contribution in [3.05, 3.63) is 18.2 Å². The third kappa shape index (κ3) is 6.99. The number of unbranched alkanes of at least 4 members (excludes halogenated alkanes) is 4. The van der Waals surface area contributed by atoms with Crippen LogP contribution in [0, 0.1) is 13.1 Å². The first kappa shape index (κ1) is 15.7. The zero-order valence-corrected chi connectivity index (χ0v) is 12.3. The van der Waals surface area contributed by atoms with Crippen LogP contribution in [0.2, 0.25) is 0 Å². The van der Waals surface area contributed by atoms with E-state index in [1.54, 1.807) is 0 Å². The second-order valence-electron chi connectivity index (χ2n) is 5.17. The molecule has 19 heavy (non-hydrogen) atoms. The molecule has 0 aliphatic heterocycles. The smallest absolute Gasteiger partial charge is 0.306 e. The molecule has 0 amide bonds. The van der Waals surface area contributed by atoms with Gasteiger partial charge >= 0.3 is 5.97 Å². The minimum Gasteiger partial charge on any atom is -0.463 e. The molecule has 0 spiro atoms. The Balaban J connectivity index is 1.94. The van der Waals surface area contributed by atoms with Gasteiger partial charge in [0.25, 0.3) is 0 Å². The molecule has 0 aliphatic rings. The van der Waals surface area contributed by atoms with Gasteiger partial charge in [0.2, 0.25) is 0 Å². The van der Waals surface area contributed by atoms with Gasteiger partial charge in [0.05, 0.1) is 6.10 Å². The van der Waals surface area contributed by atoms with Gasteiger partial charge in [-0.2, -0.15) is 0 Å². The van der Waals surface area contributed by atoms with E-state index in [0.717, 1.165) is 31.6 Å². The Labute approximate surface area is 116 Å². The van der Waals surface area contributed by atoms with Gasteiger partial charge in [-0.15, -0.1) is 0 Å². The first-order chi connectivity index (χ1) is 9.09. The molecule has 0 saturated heterocycles. The van der Waals surface area contributed by atoms with E-state index < -0.39 is 0 Å². The fraction of sp³-hybridized carbons (Fsp3) is 0.733. The summed E-state index contributed by atoms with van der Waals surface area (Å²) < 4.78 is 7.21. The largest absolute Gasteiger partial charge is 0.463 e. The number of esters is 1. The standard InChI is InChI=1S/C15H25N2O2/c1-13(2)19-15(18)9-7-5-4-6-8-11-17-12-10-16-14(17)3/h12-13H,4-9,11H2,1-3H3. The molecule has 4 nitrogen and oxygen atoms in total. The highest BCUT2D eigenvalue weighted by atomic mass is 16.5. The molecule has 0 bridgehead atoms. The SMILES string of the molecule is Cc1n[c]cn1CCCCCCCC(=O)OC(C)C. The van der Waals surface area contributed by atoms with Gasteiger partial charge in [-0.05, 0) is 33.6 Å². The zero-order valence-electron chi connectivity index (χ0n) is 12.3. The first-order valence-corrected chi connectivity index (χ1v) is 7.19. The van der Waals surface area contributed by atoms with Crippen LogP contribution in [-0.4, -0.2) is 21.6 Å². The molecule has 107 valence electrons. The molecule has 1 radical (unpaired) electrons. The lowest BCUT2D eigenvalue weighted by Gasteiger charge is -2.07. The van der Waals surface area contributed by atoms with E-state index in [1.165, 1.54) is 12.8 Å². The van der Waals surface area contributed by atoms with Crippen LogP contribution in [-0.2, 0) is 16.1 Å². The Hall–Kier alpha value is -1.32. The Kier molecular flexibility index (Phi) is 7.23. The monoisotopic (exact) mass is 265 g/mol. The number of hydrogen-bond donors (Lipinski definition) is 0. The number of aromatic nitrogens is 2. The maximum Gasteiger partial charge on any atom is 0.306 e. The van der Waals surface area contributed by atoms with E-state index in [4.69, 9.17) is 4.74 Å². The van der Waals surface area contributed by atoms with Crippen molar-refractivity contribution in [1.82, 2.24) is 9.55 Å². The van der Waals surface area contributed by atoms with E-state index in [2.05, 4.69) is 15.7 Å². The number of carbonyl (C=O) groups excluding carboxylic acids is 1. The van der Waals surface area contributed by atoms with Gasteiger partial charge < -0.3 is 9.30 Å². The highest BCUT2D eigenvalue weighted by Crippen LogP contribution is 2.08. The summed E-state index contributed by atoms with van der Waals surface area (Å²) in [5, 5.41) is 0. The third-order valence-corrected chi connectivity index (χ3v) is 3.00. The summed E-state index contributed by atoms with van der Waals surface area (Å²) in [6.07, 6.45) is 10.9. The Morgan fingerprint density at radius 1 is 1.32 bits per heavy atom. The maximum absolute atomic E-state index is 11.3. The number of aryl methyl sites for hydroxylation is 2. The fourth-order valence-electron chi connectivity index (χ4n) is 1.98. The number of nitrogens with zero attached hydrogens (tertiary/aromatic N) is 2. The van der Waals surface area contributed by atoms with Crippen molar-refractivity contribution in [3.63, 3.8) is 0 Å². The number of rotatable bonds is 9. The highest BCUT2D eigenvalue weighted by molar-refractivity contribution is 5.69. The average molecular weight is 265 g/mol. The summed E-state index contributed by atoms with van der Waals surface area (Å²) in [7, 11) is 0. The van der Waals surface area contributed by atoms with Crippen molar-refractivity contribution in [1.29, 1.82) is 0 Å². The molecule has 0 saturated carbocycles. The molecule has 0 atom stereocenters. The summed E-state index contributed by atoms with van der Waals surface area (Å²) in [5.41, 5.74) is 0. The van der Waals surface area contributed by atoms with Gasteiger partial charge in [-0.25, -0.2) is 4.98 Å². The Morgan fingerprint density at radius 3 is 2.63 bits per heavy atom. The zero-order chi connectivity index (χ0) is 14.1. The van der Waals surface area contributed by atoms with Crippen LogP contribution in [0.25, 0.3) is 0 Å². The summed E-state index contributed by atoms with van der Waals surface area (Å²) in [4.78, 5) is 15.4. The van der Waals surface area contributed by atoms with E-state index in [1.807, 2.05) is 27.0 Å². The highest BCUT2D eigenvalue weighted by Gasteiger charge is 2.04. The van der Waals surface area contributed by atoms with E-state index in [9.17, 15) is 4.79 Å². The number of ether oxygens (including phenoxy) is 1. The van der Waals surface area contributed by atoms with Crippen LogP contribution in [0.1, 0.15) is 58.2 Å². The lowest BCUT2D eigenvalue weighted by molar-refractivity contribution is -0.147. The molecular weight excluding hydrogens is 240 g/mol. The van der Waals surface area contributed by atoms with Crippen molar-refractivity contribution < 1.29 is 9.53 Å². The maximum atomic E-state index is 11.3. The number of carbonyl (C=O) groups is 1. The van der Waals surface area contributed by atoms with Crippen molar-refractivity contribution in [3.8, 4) is 0 Å². The lowest BCUT2D eigenvalue weighted by atomic mass is 10.1. The predicted octanol–water partition coefficient (Wildman–Crippen LogP) is 3.28. The molecule has 1 rings (SSSR count). The van der Waals surface area contributed by atoms with Crippen molar-refractivity contribution >= 4 is 5.97 Å². The van der Waals surface area contributed by atoms with Crippen molar-refractivity contribution in [2.24, 2.45) is 0 Å². The van der Waals surface area contributed by atoms with Crippen LogP contribution < -0.4 is 0 Å². The molecule has 0 N–H and O–H groups in total. The predicted molar refractivity (Wildman–Crippen MR) is 74.7 cm³/mol. The molecule has 1 aromatic rings. The van der Waals surface area contributed by atoms with Crippen molar-refractivity contribution in [2.45, 2.75) is 71.9 Å². The molecule has 1 heterocycles. The summed E-state index contributed by atoms with van der Waals surface area (Å²) >= 11 is 0. The van der Waals surface area contributed by atoms with Crippen molar-refractivity contribution in [2.75, 3.05) is 0 Å². The normalized spacial score (nSPS) is 10.9. The number of hydrogen-bond acceptors (Lipinski definition) is 3. The first-order valence-electron chi connectivity index (χ1n) is 7.19. The summed E-state index contributed by atoms with van der Waals surface area (Å²) in [6.45, 7) is 6.77. The van der Waals surface area contributed by atoms with Gasteiger partial charge in [0.1, 0.15) is 12.0 Å². The minimum atomic E-state index is -0.0698. The van der Waals surface area contributed by atoms with Gasteiger partial charge in [-0.3, -0.25) is 4.79 Å². The van der Waals surface area contributed by atoms with Gasteiger partial charge in [0, 0.05) is 19.2 Å². The van der Waals surface area contributed by atoms with Crippen LogP contribution in [0.4, 0.5) is 0 Å². The molecule has 0 aliphatic carbocycles. The topological polar surface area (TPSA) is 44.1 Å². The fourth-order valence-corrected chi connectivity index (χ4v) is 1.98. The lowest BCUT2D eigenvalue weighted by Crippen LogP contribution is -2.10. The number of imidazole rings is 1. The van der Waals surface area contributed by atoms with Crippen LogP contribution in [0.3, 0.4) is 0 Å². The molecule has 0 fully saturated rings. The molecule has 1 aromatic heterocycles. The molecular formula is C15H25N2O2. The van der Waals surface area contributed by atoms with Crippen LogP contribution in [0.5, 0.6) is 0 Å².